The standard InChI is InChI=1S/C14H20N2O4/c1-18-14-10-13(3-2-12(14)11-15-17)20-9-6-16-4-7-19-8-5-16/h2-3,10-11,17H,4-9H2,1H3/b15-11+. The van der Waals surface area contributed by atoms with Crippen molar-refractivity contribution < 1.29 is 19.4 Å². The Morgan fingerprint density at radius 3 is 2.90 bits per heavy atom. The van der Waals surface area contributed by atoms with E-state index in [1.54, 1.807) is 19.2 Å². The molecule has 1 aromatic rings. The summed E-state index contributed by atoms with van der Waals surface area (Å²) in [5, 5.41) is 11.6. The number of benzene rings is 1. The fourth-order valence-electron chi connectivity index (χ4n) is 2.07. The number of rotatable bonds is 6. The molecular weight excluding hydrogens is 260 g/mol. The van der Waals surface area contributed by atoms with Gasteiger partial charge in [-0.2, -0.15) is 0 Å². The molecule has 0 bridgehead atoms. The number of oxime groups is 1. The van der Waals surface area contributed by atoms with E-state index >= 15 is 0 Å². The van der Waals surface area contributed by atoms with Gasteiger partial charge in [0.25, 0.3) is 0 Å². The van der Waals surface area contributed by atoms with Crippen molar-refractivity contribution in [2.24, 2.45) is 5.16 Å². The molecule has 20 heavy (non-hydrogen) atoms. The van der Waals surface area contributed by atoms with Crippen molar-refractivity contribution in [3.8, 4) is 11.5 Å². The van der Waals surface area contributed by atoms with E-state index in [-0.39, 0.29) is 0 Å². The van der Waals surface area contributed by atoms with Crippen LogP contribution in [-0.4, -0.2) is 62.9 Å². The second-order valence-corrected chi connectivity index (χ2v) is 4.45. The van der Waals surface area contributed by atoms with Gasteiger partial charge in [-0.05, 0) is 12.1 Å². The highest BCUT2D eigenvalue weighted by atomic mass is 16.5. The maximum atomic E-state index is 8.56. The van der Waals surface area contributed by atoms with Gasteiger partial charge in [-0.15, -0.1) is 0 Å². The molecule has 110 valence electrons. The van der Waals surface area contributed by atoms with Crippen molar-refractivity contribution in [3.63, 3.8) is 0 Å². The van der Waals surface area contributed by atoms with Crippen LogP contribution < -0.4 is 9.47 Å². The lowest BCUT2D eigenvalue weighted by molar-refractivity contribution is 0.0322. The van der Waals surface area contributed by atoms with Crippen molar-refractivity contribution in [1.82, 2.24) is 4.90 Å². The predicted octanol–water partition coefficient (Wildman–Crippen LogP) is 1.21. The van der Waals surface area contributed by atoms with E-state index in [0.717, 1.165) is 38.6 Å². The molecular formula is C14H20N2O4. The molecule has 1 aliphatic rings. The van der Waals surface area contributed by atoms with Gasteiger partial charge in [0, 0.05) is 31.3 Å². The monoisotopic (exact) mass is 280 g/mol. The average Bonchev–Trinajstić information content (AvgIpc) is 2.50. The highest BCUT2D eigenvalue weighted by molar-refractivity contribution is 5.83. The van der Waals surface area contributed by atoms with Crippen LogP contribution in [0.5, 0.6) is 11.5 Å². The number of hydrogen-bond acceptors (Lipinski definition) is 6. The topological polar surface area (TPSA) is 63.5 Å². The van der Waals surface area contributed by atoms with Gasteiger partial charge in [-0.25, -0.2) is 0 Å². The molecule has 0 radical (unpaired) electrons. The lowest BCUT2D eigenvalue weighted by atomic mass is 10.2. The van der Waals surface area contributed by atoms with Crippen LogP contribution in [0.25, 0.3) is 0 Å². The molecule has 0 saturated carbocycles. The van der Waals surface area contributed by atoms with Crippen LogP contribution in [0.3, 0.4) is 0 Å². The smallest absolute Gasteiger partial charge is 0.131 e. The summed E-state index contributed by atoms with van der Waals surface area (Å²) in [6, 6.07) is 5.41. The third-order valence-electron chi connectivity index (χ3n) is 3.18. The van der Waals surface area contributed by atoms with Crippen molar-refractivity contribution in [2.45, 2.75) is 0 Å². The first kappa shape index (κ1) is 14.6. The van der Waals surface area contributed by atoms with Gasteiger partial charge in [-0.1, -0.05) is 5.16 Å². The maximum Gasteiger partial charge on any atom is 0.131 e. The SMILES string of the molecule is COc1cc(OCCN2CCOCC2)ccc1/C=N/O. The van der Waals surface area contributed by atoms with Crippen molar-refractivity contribution >= 4 is 6.21 Å². The number of nitrogens with zero attached hydrogens (tertiary/aromatic N) is 2. The van der Waals surface area contributed by atoms with Crippen LogP contribution in [-0.2, 0) is 4.74 Å². The van der Waals surface area contributed by atoms with E-state index in [1.807, 2.05) is 6.07 Å². The highest BCUT2D eigenvalue weighted by Gasteiger charge is 2.10. The molecule has 0 spiro atoms. The fourth-order valence-corrected chi connectivity index (χ4v) is 2.07. The fraction of sp³-hybridized carbons (Fsp3) is 0.500. The summed E-state index contributed by atoms with van der Waals surface area (Å²) in [4.78, 5) is 2.31. The highest BCUT2D eigenvalue weighted by Crippen LogP contribution is 2.23. The van der Waals surface area contributed by atoms with Gasteiger partial charge in [0.2, 0.25) is 0 Å². The molecule has 6 nitrogen and oxygen atoms in total. The first-order valence-corrected chi connectivity index (χ1v) is 6.62. The van der Waals surface area contributed by atoms with E-state index in [2.05, 4.69) is 10.1 Å². The van der Waals surface area contributed by atoms with Crippen LogP contribution in [0.15, 0.2) is 23.4 Å². The van der Waals surface area contributed by atoms with E-state index in [4.69, 9.17) is 19.4 Å². The Labute approximate surface area is 118 Å². The Hall–Kier alpha value is -1.79. The molecule has 0 aromatic heterocycles. The predicted molar refractivity (Wildman–Crippen MR) is 75.1 cm³/mol. The summed E-state index contributed by atoms with van der Waals surface area (Å²) >= 11 is 0. The van der Waals surface area contributed by atoms with Crippen molar-refractivity contribution in [1.29, 1.82) is 0 Å². The van der Waals surface area contributed by atoms with E-state index in [1.165, 1.54) is 6.21 Å². The minimum Gasteiger partial charge on any atom is -0.496 e. The van der Waals surface area contributed by atoms with E-state index in [9.17, 15) is 0 Å². The van der Waals surface area contributed by atoms with E-state index in [0.29, 0.717) is 17.9 Å². The molecule has 1 heterocycles. The lowest BCUT2D eigenvalue weighted by Gasteiger charge is -2.26. The molecule has 2 rings (SSSR count). The third-order valence-corrected chi connectivity index (χ3v) is 3.18. The first-order valence-electron chi connectivity index (χ1n) is 6.62. The molecule has 0 atom stereocenters. The van der Waals surface area contributed by atoms with Crippen molar-refractivity contribution in [3.05, 3.63) is 23.8 Å². The van der Waals surface area contributed by atoms with Gasteiger partial charge in [-0.3, -0.25) is 4.90 Å². The Bertz CT molecular complexity index is 445. The molecule has 1 fully saturated rings. The van der Waals surface area contributed by atoms with Crippen LogP contribution in [0.1, 0.15) is 5.56 Å². The second-order valence-electron chi connectivity index (χ2n) is 4.45. The maximum absolute atomic E-state index is 8.56. The molecule has 0 unspecified atom stereocenters. The van der Waals surface area contributed by atoms with Crippen LogP contribution >= 0.6 is 0 Å². The number of methoxy groups -OCH3 is 1. The summed E-state index contributed by atoms with van der Waals surface area (Å²) in [5.74, 6) is 1.36. The van der Waals surface area contributed by atoms with Crippen LogP contribution in [0, 0.1) is 0 Å². The molecule has 1 saturated heterocycles. The van der Waals surface area contributed by atoms with Gasteiger partial charge < -0.3 is 19.4 Å². The Kier molecular flexibility index (Phi) is 5.64. The average molecular weight is 280 g/mol. The zero-order chi connectivity index (χ0) is 14.2. The number of hydrogen-bond donors (Lipinski definition) is 1. The summed E-state index contributed by atoms with van der Waals surface area (Å²) < 4.78 is 16.2. The Balaban J connectivity index is 1.86. The van der Waals surface area contributed by atoms with Gasteiger partial charge in [0.05, 0.1) is 26.5 Å². The molecule has 1 N–H and O–H groups in total. The quantitative estimate of drug-likeness (QED) is 0.482. The van der Waals surface area contributed by atoms with Gasteiger partial charge >= 0.3 is 0 Å². The van der Waals surface area contributed by atoms with Gasteiger partial charge in [0.15, 0.2) is 0 Å². The largest absolute Gasteiger partial charge is 0.496 e. The molecule has 6 heteroatoms. The zero-order valence-corrected chi connectivity index (χ0v) is 11.6. The normalized spacial score (nSPS) is 16.4. The zero-order valence-electron chi connectivity index (χ0n) is 11.6. The Morgan fingerprint density at radius 1 is 1.40 bits per heavy atom. The Morgan fingerprint density at radius 2 is 2.20 bits per heavy atom. The molecule has 0 amide bonds. The number of ether oxygens (including phenoxy) is 3. The van der Waals surface area contributed by atoms with Gasteiger partial charge in [0.1, 0.15) is 18.1 Å². The molecule has 1 aromatic carbocycles. The third kappa shape index (κ3) is 4.11. The molecule has 0 aliphatic carbocycles. The van der Waals surface area contributed by atoms with E-state index < -0.39 is 0 Å². The van der Waals surface area contributed by atoms with Crippen molar-refractivity contribution in [2.75, 3.05) is 46.6 Å². The summed E-state index contributed by atoms with van der Waals surface area (Å²) in [7, 11) is 1.57. The summed E-state index contributed by atoms with van der Waals surface area (Å²) in [6.07, 6.45) is 1.33. The minimum absolute atomic E-state index is 0.617. The first-order chi connectivity index (χ1) is 9.83. The molecule has 1 aliphatic heterocycles. The summed E-state index contributed by atoms with van der Waals surface area (Å²) in [6.45, 7) is 5.01. The van der Waals surface area contributed by atoms with Crippen LogP contribution in [0.2, 0.25) is 0 Å². The summed E-state index contributed by atoms with van der Waals surface area (Å²) in [5.41, 5.74) is 0.704. The lowest BCUT2D eigenvalue weighted by Crippen LogP contribution is -2.38. The number of morpholine rings is 1. The second kappa shape index (κ2) is 7.72. The van der Waals surface area contributed by atoms with Crippen LogP contribution in [0.4, 0.5) is 0 Å². The minimum atomic E-state index is 0.617.